The van der Waals surface area contributed by atoms with Crippen molar-refractivity contribution in [3.8, 4) is 0 Å². The predicted molar refractivity (Wildman–Crippen MR) is 159 cm³/mol. The fourth-order valence-corrected chi connectivity index (χ4v) is 5.66. The summed E-state index contributed by atoms with van der Waals surface area (Å²) < 4.78 is 13.0. The van der Waals surface area contributed by atoms with E-state index < -0.39 is 11.9 Å². The van der Waals surface area contributed by atoms with Crippen molar-refractivity contribution in [1.82, 2.24) is 10.2 Å². The number of hydrogen-bond donors (Lipinski definition) is 4. The fraction of sp³-hybridized carbons (Fsp3) is 0.406. The number of rotatable bonds is 8. The average molecular weight is 580 g/mol. The molecule has 0 aromatic heterocycles. The Bertz CT molecular complexity index is 1280. The second kappa shape index (κ2) is 13.3. The summed E-state index contributed by atoms with van der Waals surface area (Å²) in [4.78, 5) is 14.2. The molecule has 5 rings (SSSR count). The van der Waals surface area contributed by atoms with E-state index in [9.17, 15) is 15.0 Å². The Kier molecular flexibility index (Phi) is 9.60. The summed E-state index contributed by atoms with van der Waals surface area (Å²) in [6, 6.07) is 22.6. The normalized spacial score (nSPS) is 22.7. The van der Waals surface area contributed by atoms with Gasteiger partial charge < -0.3 is 35.2 Å². The Hall–Kier alpha value is -2.98. The first-order valence-corrected chi connectivity index (χ1v) is 14.6. The smallest absolute Gasteiger partial charge is 0.319 e. The maximum absolute atomic E-state index is 11.9. The number of nitrogens with zero attached hydrogens (tertiary/aromatic N) is 1. The Morgan fingerprint density at radius 2 is 1.63 bits per heavy atom. The molecule has 0 bridgehead atoms. The lowest BCUT2D eigenvalue weighted by molar-refractivity contribution is -0.253. The summed E-state index contributed by atoms with van der Waals surface area (Å²) >= 11 is 6.05. The van der Waals surface area contributed by atoms with Gasteiger partial charge in [-0.2, -0.15) is 0 Å². The van der Waals surface area contributed by atoms with E-state index in [-0.39, 0.29) is 24.8 Å². The van der Waals surface area contributed by atoms with Crippen molar-refractivity contribution in [2.24, 2.45) is 0 Å². The molecule has 2 heterocycles. The number of urea groups is 1. The number of halogens is 1. The standard InChI is InChI=1S/C32H38ClN3O5/c1-2-34-31(38)35-27-13-7-24(8-14-27)30-40-28(19-29(41-30)23-5-3-22(21-37)4-6-23)20-36-17-15-32(39,16-18-36)25-9-11-26(33)12-10-25/h3-14,28-30,37,39H,2,15-21H2,1H3,(H2,34,35,38)/t28-,29+,30+/m0/s1. The number of piperidine rings is 1. The molecule has 2 aliphatic rings. The van der Waals surface area contributed by atoms with Crippen LogP contribution in [0.1, 0.15) is 60.8 Å². The molecular weight excluding hydrogens is 542 g/mol. The van der Waals surface area contributed by atoms with Gasteiger partial charge in [0.15, 0.2) is 6.29 Å². The number of ether oxygens (including phenoxy) is 2. The van der Waals surface area contributed by atoms with Crippen LogP contribution in [0.2, 0.25) is 5.02 Å². The summed E-state index contributed by atoms with van der Waals surface area (Å²) in [5, 5.41) is 27.0. The Morgan fingerprint density at radius 1 is 0.976 bits per heavy atom. The van der Waals surface area contributed by atoms with E-state index in [0.29, 0.717) is 36.5 Å². The molecule has 3 atom stereocenters. The van der Waals surface area contributed by atoms with Crippen LogP contribution in [0.4, 0.5) is 10.5 Å². The van der Waals surface area contributed by atoms with Crippen LogP contribution >= 0.6 is 11.6 Å². The summed E-state index contributed by atoms with van der Waals surface area (Å²) in [6.45, 7) is 4.63. The van der Waals surface area contributed by atoms with Gasteiger partial charge >= 0.3 is 6.03 Å². The minimum atomic E-state index is -0.860. The maximum Gasteiger partial charge on any atom is 0.319 e. The van der Waals surface area contributed by atoms with Crippen molar-refractivity contribution in [3.05, 3.63) is 100 Å². The fourth-order valence-electron chi connectivity index (χ4n) is 5.53. The average Bonchev–Trinajstić information content (AvgIpc) is 2.99. The van der Waals surface area contributed by atoms with Crippen LogP contribution in [-0.4, -0.2) is 53.4 Å². The topological polar surface area (TPSA) is 103 Å². The Balaban J connectivity index is 1.28. The number of aliphatic hydroxyl groups excluding tert-OH is 1. The van der Waals surface area contributed by atoms with E-state index in [4.69, 9.17) is 21.1 Å². The van der Waals surface area contributed by atoms with E-state index in [1.54, 1.807) is 0 Å². The molecule has 8 nitrogen and oxygen atoms in total. The number of carbonyl (C=O) groups excluding carboxylic acids is 1. The van der Waals surface area contributed by atoms with Crippen molar-refractivity contribution in [2.45, 2.75) is 56.9 Å². The number of amides is 2. The van der Waals surface area contributed by atoms with Gasteiger partial charge in [-0.3, -0.25) is 0 Å². The largest absolute Gasteiger partial charge is 0.392 e. The molecule has 9 heteroatoms. The number of carbonyl (C=O) groups is 1. The molecule has 0 radical (unpaired) electrons. The lowest BCUT2D eigenvalue weighted by Crippen LogP contribution is -2.46. The highest BCUT2D eigenvalue weighted by molar-refractivity contribution is 6.30. The van der Waals surface area contributed by atoms with Crippen LogP contribution < -0.4 is 10.6 Å². The number of hydrogen-bond acceptors (Lipinski definition) is 6. The first kappa shape index (κ1) is 29.5. The van der Waals surface area contributed by atoms with Crippen LogP contribution in [0, 0.1) is 0 Å². The summed E-state index contributed by atoms with van der Waals surface area (Å²) in [5.74, 6) is 0. The van der Waals surface area contributed by atoms with Gasteiger partial charge in [-0.1, -0.05) is 60.1 Å². The van der Waals surface area contributed by atoms with Gasteiger partial charge in [0.25, 0.3) is 0 Å². The third-order valence-electron chi connectivity index (χ3n) is 7.92. The highest BCUT2D eigenvalue weighted by Crippen LogP contribution is 2.39. The molecule has 0 aliphatic carbocycles. The maximum atomic E-state index is 11.9. The first-order chi connectivity index (χ1) is 19.8. The van der Waals surface area contributed by atoms with Crippen LogP contribution in [0.3, 0.4) is 0 Å². The summed E-state index contributed by atoms with van der Waals surface area (Å²) in [5.41, 5.74) is 3.48. The lowest BCUT2D eigenvalue weighted by Gasteiger charge is -2.42. The third kappa shape index (κ3) is 7.46. The molecule has 2 amide bonds. The van der Waals surface area contributed by atoms with Crippen LogP contribution in [0.5, 0.6) is 0 Å². The molecule has 218 valence electrons. The van der Waals surface area contributed by atoms with Gasteiger partial charge in [0.2, 0.25) is 0 Å². The number of aliphatic hydroxyl groups is 2. The van der Waals surface area contributed by atoms with E-state index in [1.807, 2.05) is 79.7 Å². The summed E-state index contributed by atoms with van der Waals surface area (Å²) in [7, 11) is 0. The summed E-state index contributed by atoms with van der Waals surface area (Å²) in [6.07, 6.45) is 1.09. The van der Waals surface area contributed by atoms with Gasteiger partial charge in [0.1, 0.15) is 0 Å². The van der Waals surface area contributed by atoms with E-state index in [1.165, 1.54) is 0 Å². The van der Waals surface area contributed by atoms with Gasteiger partial charge in [0, 0.05) is 48.9 Å². The molecular formula is C32H38ClN3O5. The van der Waals surface area contributed by atoms with E-state index in [0.717, 1.165) is 41.9 Å². The second-order valence-corrected chi connectivity index (χ2v) is 11.2. The van der Waals surface area contributed by atoms with Gasteiger partial charge in [-0.05, 0) is 60.7 Å². The Labute approximate surface area is 246 Å². The Morgan fingerprint density at radius 3 is 2.27 bits per heavy atom. The van der Waals surface area contributed by atoms with Crippen LogP contribution in [0.15, 0.2) is 72.8 Å². The number of nitrogens with one attached hydrogen (secondary N) is 2. The monoisotopic (exact) mass is 579 g/mol. The van der Waals surface area contributed by atoms with E-state index >= 15 is 0 Å². The minimum absolute atomic E-state index is 0.00580. The zero-order valence-corrected chi connectivity index (χ0v) is 24.0. The van der Waals surface area contributed by atoms with Crippen molar-refractivity contribution in [3.63, 3.8) is 0 Å². The van der Waals surface area contributed by atoms with Gasteiger partial charge in [-0.25, -0.2) is 4.79 Å². The molecule has 2 aliphatic heterocycles. The van der Waals surface area contributed by atoms with Gasteiger partial charge in [-0.15, -0.1) is 0 Å². The van der Waals surface area contributed by atoms with Crippen molar-refractivity contribution in [2.75, 3.05) is 31.5 Å². The quantitative estimate of drug-likeness (QED) is 0.281. The second-order valence-electron chi connectivity index (χ2n) is 10.8. The third-order valence-corrected chi connectivity index (χ3v) is 8.17. The molecule has 2 saturated heterocycles. The first-order valence-electron chi connectivity index (χ1n) is 14.2. The highest BCUT2D eigenvalue weighted by Gasteiger charge is 2.37. The zero-order chi connectivity index (χ0) is 28.8. The number of anilines is 1. The lowest BCUT2D eigenvalue weighted by atomic mass is 9.84. The van der Waals surface area contributed by atoms with Crippen molar-refractivity contribution < 1.29 is 24.5 Å². The number of benzene rings is 3. The number of likely N-dealkylation sites (tertiary alicyclic amines) is 1. The van der Waals surface area contributed by atoms with Gasteiger partial charge in [0.05, 0.1) is 24.4 Å². The van der Waals surface area contributed by atoms with Crippen molar-refractivity contribution in [1.29, 1.82) is 0 Å². The molecule has 41 heavy (non-hydrogen) atoms. The van der Waals surface area contributed by atoms with Crippen molar-refractivity contribution >= 4 is 23.3 Å². The molecule has 2 fully saturated rings. The molecule has 0 spiro atoms. The molecule has 0 saturated carbocycles. The zero-order valence-electron chi connectivity index (χ0n) is 23.3. The molecule has 4 N–H and O–H groups in total. The van der Waals surface area contributed by atoms with Crippen LogP contribution in [0.25, 0.3) is 0 Å². The van der Waals surface area contributed by atoms with Crippen LogP contribution in [-0.2, 0) is 21.7 Å². The molecule has 3 aromatic carbocycles. The SMILES string of the molecule is CCNC(=O)Nc1ccc([C@@H]2O[C@H](CN3CCC(O)(c4ccc(Cl)cc4)CC3)C[C@H](c3ccc(CO)cc3)O2)cc1. The van der Waals surface area contributed by atoms with E-state index in [2.05, 4.69) is 15.5 Å². The molecule has 3 aromatic rings. The molecule has 0 unspecified atom stereocenters. The minimum Gasteiger partial charge on any atom is -0.392 e. The highest BCUT2D eigenvalue weighted by atomic mass is 35.5. The predicted octanol–water partition coefficient (Wildman–Crippen LogP) is 5.50.